The fraction of sp³-hybridized carbons (Fsp3) is 0.412. The summed E-state index contributed by atoms with van der Waals surface area (Å²) < 4.78 is 5.43. The van der Waals surface area contributed by atoms with Crippen LogP contribution in [0.1, 0.15) is 37.6 Å². The lowest BCUT2D eigenvalue weighted by Gasteiger charge is -2.23. The van der Waals surface area contributed by atoms with Crippen molar-refractivity contribution in [2.45, 2.75) is 32.9 Å². The van der Waals surface area contributed by atoms with Crippen molar-refractivity contribution in [3.05, 3.63) is 54.0 Å². The lowest BCUT2D eigenvalue weighted by Crippen LogP contribution is -2.22. The zero-order valence-corrected chi connectivity index (χ0v) is 12.6. The maximum Gasteiger partial charge on any atom is 0.123 e. The molecule has 0 saturated heterocycles. The average molecular weight is 272 g/mol. The predicted octanol–water partition coefficient (Wildman–Crippen LogP) is 3.98. The number of benzene rings is 1. The van der Waals surface area contributed by atoms with Gasteiger partial charge in [0.15, 0.2) is 0 Å². The lowest BCUT2D eigenvalue weighted by atomic mass is 10.0. The Morgan fingerprint density at radius 2 is 1.90 bits per heavy atom. The minimum atomic E-state index is 0.434. The number of nitrogens with zero attached hydrogens (tertiary/aromatic N) is 1. The predicted molar refractivity (Wildman–Crippen MR) is 84.0 cm³/mol. The minimum Gasteiger partial charge on any atom is -0.467 e. The highest BCUT2D eigenvalue weighted by molar-refractivity contribution is 5.48. The Kier molecular flexibility index (Phi) is 5.24. The second-order valence-corrected chi connectivity index (χ2v) is 4.93. The van der Waals surface area contributed by atoms with E-state index >= 15 is 0 Å². The Balaban J connectivity index is 2.10. The number of nitrogens with one attached hydrogen (secondary N) is 1. The van der Waals surface area contributed by atoms with Gasteiger partial charge in [-0.2, -0.15) is 0 Å². The fourth-order valence-electron chi connectivity index (χ4n) is 2.50. The van der Waals surface area contributed by atoms with Gasteiger partial charge < -0.3 is 14.6 Å². The van der Waals surface area contributed by atoms with Crippen molar-refractivity contribution in [1.29, 1.82) is 0 Å². The second kappa shape index (κ2) is 7.15. The fourth-order valence-corrected chi connectivity index (χ4v) is 2.50. The van der Waals surface area contributed by atoms with E-state index in [9.17, 15) is 0 Å². The van der Waals surface area contributed by atoms with E-state index in [0.29, 0.717) is 6.04 Å². The summed E-state index contributed by atoms with van der Waals surface area (Å²) in [4.78, 5) is 2.31. The zero-order valence-electron chi connectivity index (χ0n) is 12.6. The van der Waals surface area contributed by atoms with Crippen LogP contribution in [0.25, 0.3) is 0 Å². The zero-order chi connectivity index (χ0) is 14.4. The van der Waals surface area contributed by atoms with Crippen molar-refractivity contribution in [2.75, 3.05) is 18.5 Å². The molecule has 1 heterocycles. The topological polar surface area (TPSA) is 28.4 Å². The highest BCUT2D eigenvalue weighted by Crippen LogP contribution is 2.22. The Morgan fingerprint density at radius 1 is 1.15 bits per heavy atom. The SMILES string of the molecule is CCC(NC)c1ccc(N(CC)Cc2ccco2)cc1. The largest absolute Gasteiger partial charge is 0.467 e. The molecule has 0 spiro atoms. The molecule has 3 nitrogen and oxygen atoms in total. The normalized spacial score (nSPS) is 12.3. The number of furan rings is 1. The lowest BCUT2D eigenvalue weighted by molar-refractivity contribution is 0.503. The molecule has 1 N–H and O–H groups in total. The average Bonchev–Trinajstić information content (AvgIpc) is 3.00. The van der Waals surface area contributed by atoms with Crippen LogP contribution < -0.4 is 10.2 Å². The molecule has 0 aliphatic heterocycles. The molecule has 1 unspecified atom stereocenters. The van der Waals surface area contributed by atoms with E-state index in [1.54, 1.807) is 6.26 Å². The molecule has 3 heteroatoms. The van der Waals surface area contributed by atoms with E-state index in [-0.39, 0.29) is 0 Å². The summed E-state index contributed by atoms with van der Waals surface area (Å²) in [6.07, 6.45) is 2.82. The summed E-state index contributed by atoms with van der Waals surface area (Å²) in [5, 5.41) is 3.34. The van der Waals surface area contributed by atoms with Crippen LogP contribution in [-0.2, 0) is 6.54 Å². The van der Waals surface area contributed by atoms with Gasteiger partial charge in [-0.25, -0.2) is 0 Å². The van der Waals surface area contributed by atoms with Gasteiger partial charge in [0.05, 0.1) is 12.8 Å². The van der Waals surface area contributed by atoms with Crippen LogP contribution in [0.3, 0.4) is 0 Å². The summed E-state index contributed by atoms with van der Waals surface area (Å²) >= 11 is 0. The third kappa shape index (κ3) is 3.42. The van der Waals surface area contributed by atoms with Gasteiger partial charge >= 0.3 is 0 Å². The second-order valence-electron chi connectivity index (χ2n) is 4.93. The molecule has 0 fully saturated rings. The molecule has 1 aromatic carbocycles. The Morgan fingerprint density at radius 3 is 2.40 bits per heavy atom. The molecule has 0 aliphatic carbocycles. The van der Waals surface area contributed by atoms with E-state index in [4.69, 9.17) is 4.42 Å². The van der Waals surface area contributed by atoms with Gasteiger partial charge in [-0.05, 0) is 50.2 Å². The van der Waals surface area contributed by atoms with Gasteiger partial charge in [0, 0.05) is 18.3 Å². The molecule has 0 amide bonds. The van der Waals surface area contributed by atoms with Crippen molar-refractivity contribution in [3.8, 4) is 0 Å². The third-order valence-corrected chi connectivity index (χ3v) is 3.73. The summed E-state index contributed by atoms with van der Waals surface area (Å²) in [6.45, 7) is 6.14. The number of hydrogen-bond donors (Lipinski definition) is 1. The molecule has 0 radical (unpaired) electrons. The highest BCUT2D eigenvalue weighted by atomic mass is 16.3. The van der Waals surface area contributed by atoms with E-state index in [1.807, 2.05) is 19.2 Å². The first-order valence-electron chi connectivity index (χ1n) is 7.33. The molecule has 0 aliphatic rings. The van der Waals surface area contributed by atoms with Crippen molar-refractivity contribution in [2.24, 2.45) is 0 Å². The number of rotatable bonds is 7. The Labute approximate surface area is 121 Å². The van der Waals surface area contributed by atoms with Crippen molar-refractivity contribution < 1.29 is 4.42 Å². The highest BCUT2D eigenvalue weighted by Gasteiger charge is 2.09. The van der Waals surface area contributed by atoms with Crippen LogP contribution in [-0.4, -0.2) is 13.6 Å². The molecular weight excluding hydrogens is 248 g/mol. The summed E-state index contributed by atoms with van der Waals surface area (Å²) in [5.74, 6) is 0.998. The van der Waals surface area contributed by atoms with Gasteiger partial charge in [0.2, 0.25) is 0 Å². The molecule has 20 heavy (non-hydrogen) atoms. The van der Waals surface area contributed by atoms with E-state index in [2.05, 4.69) is 48.3 Å². The Hall–Kier alpha value is -1.74. The maximum atomic E-state index is 5.43. The molecular formula is C17H24N2O. The summed E-state index contributed by atoms with van der Waals surface area (Å²) in [5.41, 5.74) is 2.58. The smallest absolute Gasteiger partial charge is 0.123 e. The number of hydrogen-bond acceptors (Lipinski definition) is 3. The maximum absolute atomic E-state index is 5.43. The third-order valence-electron chi connectivity index (χ3n) is 3.73. The molecule has 1 aromatic heterocycles. The van der Waals surface area contributed by atoms with Gasteiger partial charge in [0.1, 0.15) is 5.76 Å². The first-order chi connectivity index (χ1) is 9.78. The van der Waals surface area contributed by atoms with Gasteiger partial charge in [-0.1, -0.05) is 19.1 Å². The van der Waals surface area contributed by atoms with Crippen LogP contribution in [0.2, 0.25) is 0 Å². The quantitative estimate of drug-likeness (QED) is 0.826. The molecule has 2 rings (SSSR count). The van der Waals surface area contributed by atoms with Gasteiger partial charge in [-0.3, -0.25) is 0 Å². The van der Waals surface area contributed by atoms with Crippen LogP contribution in [0, 0.1) is 0 Å². The van der Waals surface area contributed by atoms with E-state index in [1.165, 1.54) is 11.3 Å². The van der Waals surface area contributed by atoms with Crippen molar-refractivity contribution >= 4 is 5.69 Å². The van der Waals surface area contributed by atoms with Crippen LogP contribution in [0.5, 0.6) is 0 Å². The summed E-state index contributed by atoms with van der Waals surface area (Å²) in [7, 11) is 2.01. The van der Waals surface area contributed by atoms with E-state index < -0.39 is 0 Å². The standard InChI is InChI=1S/C17H24N2O/c1-4-17(18-3)14-8-10-15(11-9-14)19(5-2)13-16-7-6-12-20-16/h6-12,17-18H,4-5,13H2,1-3H3. The van der Waals surface area contributed by atoms with Crippen molar-refractivity contribution in [1.82, 2.24) is 5.32 Å². The van der Waals surface area contributed by atoms with E-state index in [0.717, 1.165) is 25.3 Å². The molecule has 1 atom stereocenters. The van der Waals surface area contributed by atoms with Crippen molar-refractivity contribution in [3.63, 3.8) is 0 Å². The molecule has 2 aromatic rings. The summed E-state index contributed by atoms with van der Waals surface area (Å²) in [6, 6.07) is 13.2. The first-order valence-corrected chi connectivity index (χ1v) is 7.33. The number of anilines is 1. The minimum absolute atomic E-state index is 0.434. The molecule has 0 saturated carbocycles. The molecule has 108 valence electrons. The van der Waals surface area contributed by atoms with Crippen LogP contribution in [0.4, 0.5) is 5.69 Å². The van der Waals surface area contributed by atoms with Crippen LogP contribution in [0.15, 0.2) is 47.1 Å². The molecule has 0 bridgehead atoms. The Bertz CT molecular complexity index is 486. The van der Waals surface area contributed by atoms with Gasteiger partial charge in [0.25, 0.3) is 0 Å². The van der Waals surface area contributed by atoms with Crippen LogP contribution >= 0.6 is 0 Å². The van der Waals surface area contributed by atoms with Gasteiger partial charge in [-0.15, -0.1) is 0 Å². The first kappa shape index (κ1) is 14.7. The monoisotopic (exact) mass is 272 g/mol.